The van der Waals surface area contributed by atoms with Gasteiger partial charge in [0.2, 0.25) is 0 Å². The van der Waals surface area contributed by atoms with Crippen LogP contribution >= 0.6 is 31.9 Å². The molecule has 0 aliphatic heterocycles. The van der Waals surface area contributed by atoms with E-state index in [0.717, 1.165) is 0 Å². The van der Waals surface area contributed by atoms with Crippen LogP contribution in [0.5, 0.6) is 0 Å². The molecule has 46 valence electrons. The minimum Gasteiger partial charge on any atom is -0.198 e. The van der Waals surface area contributed by atoms with Gasteiger partial charge in [0.15, 0.2) is 0 Å². The lowest BCUT2D eigenvalue weighted by molar-refractivity contribution is 1.02. The second-order valence-corrected chi connectivity index (χ2v) is 5.58. The van der Waals surface area contributed by atoms with E-state index in [-0.39, 0.29) is 11.8 Å². The zero-order valence-corrected chi connectivity index (χ0v) is 7.48. The minimum absolute atomic E-state index is 0.192. The Hall–Kier alpha value is -0.0600. The van der Waals surface area contributed by atoms with E-state index >= 15 is 0 Å². The first-order valence-electron chi connectivity index (χ1n) is 2.31. The molecule has 4 heteroatoms. The number of halogens is 2. The maximum Gasteiger partial charge on any atom is 0.115 e. The Balaban J connectivity index is 2.72. The third kappa shape index (κ3) is 0.870. The highest BCUT2D eigenvalue weighted by molar-refractivity contribution is 9.25. The van der Waals surface area contributed by atoms with Gasteiger partial charge in [0, 0.05) is 0 Å². The molecule has 1 rings (SSSR count). The van der Waals surface area contributed by atoms with Crippen LogP contribution in [0.2, 0.25) is 0 Å². The van der Waals surface area contributed by atoms with Gasteiger partial charge in [-0.25, -0.2) is 0 Å². The Bertz CT molecular complexity index is 188. The highest BCUT2D eigenvalue weighted by Gasteiger charge is 2.63. The Morgan fingerprint density at radius 3 is 1.56 bits per heavy atom. The van der Waals surface area contributed by atoms with E-state index in [2.05, 4.69) is 31.9 Å². The zero-order chi connectivity index (χ0) is 7.07. The zero-order valence-electron chi connectivity index (χ0n) is 4.31. The molecule has 2 nitrogen and oxygen atoms in total. The maximum absolute atomic E-state index is 8.38. The summed E-state index contributed by atoms with van der Waals surface area (Å²) in [6, 6.07) is 4.03. The largest absolute Gasteiger partial charge is 0.198 e. The van der Waals surface area contributed by atoms with Crippen molar-refractivity contribution in [2.45, 2.75) is 3.23 Å². The summed E-state index contributed by atoms with van der Waals surface area (Å²) in [5, 5.41) is 16.8. The molecular weight excluding hydrogens is 248 g/mol. The van der Waals surface area contributed by atoms with Crippen molar-refractivity contribution in [3.05, 3.63) is 0 Å². The minimum atomic E-state index is -0.413. The van der Waals surface area contributed by atoms with E-state index in [1.54, 1.807) is 0 Å². The predicted octanol–water partition coefficient (Wildman–Crippen LogP) is 1.77. The average molecular weight is 250 g/mol. The summed E-state index contributed by atoms with van der Waals surface area (Å²) in [6.45, 7) is 0. The van der Waals surface area contributed by atoms with Crippen molar-refractivity contribution in [3.63, 3.8) is 0 Å². The first kappa shape index (κ1) is 7.05. The van der Waals surface area contributed by atoms with Gasteiger partial charge in [-0.3, -0.25) is 0 Å². The fraction of sp³-hybridized carbons (Fsp3) is 0.600. The van der Waals surface area contributed by atoms with Gasteiger partial charge in [-0.1, -0.05) is 31.9 Å². The predicted molar refractivity (Wildman–Crippen MR) is 38.8 cm³/mol. The molecule has 0 unspecified atom stereocenters. The van der Waals surface area contributed by atoms with Crippen LogP contribution in [0, 0.1) is 34.5 Å². The SMILES string of the molecule is N#C[C@H]1[C@H](C#N)C1(Br)Br. The maximum atomic E-state index is 8.38. The van der Waals surface area contributed by atoms with Crippen LogP contribution in [0.4, 0.5) is 0 Å². The molecule has 1 saturated carbocycles. The molecule has 1 aliphatic carbocycles. The number of hydrogen-bond acceptors (Lipinski definition) is 2. The van der Waals surface area contributed by atoms with Crippen molar-refractivity contribution in [2.24, 2.45) is 11.8 Å². The van der Waals surface area contributed by atoms with E-state index < -0.39 is 3.23 Å². The van der Waals surface area contributed by atoms with Crippen molar-refractivity contribution in [2.75, 3.05) is 0 Å². The number of hydrogen-bond donors (Lipinski definition) is 0. The monoisotopic (exact) mass is 248 g/mol. The third-order valence-electron chi connectivity index (χ3n) is 1.33. The molecule has 0 spiro atoms. The van der Waals surface area contributed by atoms with Crippen molar-refractivity contribution in [3.8, 4) is 12.1 Å². The molecule has 0 radical (unpaired) electrons. The summed E-state index contributed by atoms with van der Waals surface area (Å²) in [4.78, 5) is 0. The van der Waals surface area contributed by atoms with Crippen molar-refractivity contribution < 1.29 is 0 Å². The molecule has 0 aromatic heterocycles. The molecule has 1 aliphatic rings. The van der Waals surface area contributed by atoms with Gasteiger partial charge in [-0.15, -0.1) is 0 Å². The second-order valence-electron chi connectivity index (χ2n) is 1.89. The third-order valence-corrected chi connectivity index (χ3v) is 3.30. The summed E-state index contributed by atoms with van der Waals surface area (Å²) in [5.74, 6) is -0.384. The van der Waals surface area contributed by atoms with E-state index in [0.29, 0.717) is 0 Å². The van der Waals surface area contributed by atoms with Crippen LogP contribution in [0.1, 0.15) is 0 Å². The normalized spacial score (nSPS) is 36.4. The standard InChI is InChI=1S/C5H2Br2N2/c6-5(7)3(1-8)4(5)2-9/h3-4H/t3-,4-/m0/s1. The molecule has 1 fully saturated rings. The molecule has 0 heterocycles. The number of nitriles is 2. The Kier molecular flexibility index (Phi) is 1.54. The average Bonchev–Trinajstić information content (AvgIpc) is 2.32. The number of nitrogens with zero attached hydrogens (tertiary/aromatic N) is 2. The van der Waals surface area contributed by atoms with Crippen LogP contribution in [0.3, 0.4) is 0 Å². The highest BCUT2D eigenvalue weighted by Crippen LogP contribution is 2.61. The van der Waals surface area contributed by atoms with Crippen LogP contribution in [-0.2, 0) is 0 Å². The van der Waals surface area contributed by atoms with Crippen LogP contribution < -0.4 is 0 Å². The van der Waals surface area contributed by atoms with Gasteiger partial charge in [-0.2, -0.15) is 10.5 Å². The summed E-state index contributed by atoms with van der Waals surface area (Å²) in [6.07, 6.45) is 0. The molecule has 0 N–H and O–H groups in total. The quantitative estimate of drug-likeness (QED) is 0.615. The number of rotatable bonds is 0. The van der Waals surface area contributed by atoms with Crippen LogP contribution in [-0.4, -0.2) is 3.23 Å². The summed E-state index contributed by atoms with van der Waals surface area (Å²) >= 11 is 6.42. The lowest BCUT2D eigenvalue weighted by Gasteiger charge is -1.85. The second kappa shape index (κ2) is 1.97. The Morgan fingerprint density at radius 1 is 1.11 bits per heavy atom. The van der Waals surface area contributed by atoms with E-state index in [1.807, 2.05) is 12.1 Å². The molecule has 0 aromatic rings. The van der Waals surface area contributed by atoms with Crippen molar-refractivity contribution in [1.29, 1.82) is 10.5 Å². The van der Waals surface area contributed by atoms with E-state index in [9.17, 15) is 0 Å². The lowest BCUT2D eigenvalue weighted by atomic mass is 10.4. The molecule has 0 bridgehead atoms. The molecule has 9 heavy (non-hydrogen) atoms. The lowest BCUT2D eigenvalue weighted by Crippen LogP contribution is -1.84. The molecule has 2 atom stereocenters. The van der Waals surface area contributed by atoms with Gasteiger partial charge >= 0.3 is 0 Å². The smallest absolute Gasteiger partial charge is 0.115 e. The van der Waals surface area contributed by atoms with Gasteiger partial charge in [-0.05, 0) is 0 Å². The summed E-state index contributed by atoms with van der Waals surface area (Å²) < 4.78 is -0.413. The van der Waals surface area contributed by atoms with Gasteiger partial charge in [0.25, 0.3) is 0 Å². The van der Waals surface area contributed by atoms with Gasteiger partial charge in [0.05, 0.1) is 24.0 Å². The topological polar surface area (TPSA) is 47.6 Å². The van der Waals surface area contributed by atoms with Crippen LogP contribution in [0.15, 0.2) is 0 Å². The van der Waals surface area contributed by atoms with Crippen LogP contribution in [0.25, 0.3) is 0 Å². The summed E-state index contributed by atoms with van der Waals surface area (Å²) in [7, 11) is 0. The van der Waals surface area contributed by atoms with Crippen molar-refractivity contribution >= 4 is 31.9 Å². The van der Waals surface area contributed by atoms with E-state index in [1.165, 1.54) is 0 Å². The Labute approximate surface area is 69.7 Å². The number of alkyl halides is 2. The molecule has 0 saturated heterocycles. The Morgan fingerprint density at radius 2 is 1.44 bits per heavy atom. The van der Waals surface area contributed by atoms with E-state index in [4.69, 9.17) is 10.5 Å². The molecular formula is C5H2Br2N2. The summed E-state index contributed by atoms with van der Waals surface area (Å²) in [5.41, 5.74) is 0. The first-order valence-corrected chi connectivity index (χ1v) is 3.90. The highest BCUT2D eigenvalue weighted by atomic mass is 79.9. The molecule has 0 aromatic carbocycles. The fourth-order valence-corrected chi connectivity index (χ4v) is 1.85. The molecule has 0 amide bonds. The van der Waals surface area contributed by atoms with Gasteiger partial charge in [0.1, 0.15) is 3.23 Å². The van der Waals surface area contributed by atoms with Crippen molar-refractivity contribution in [1.82, 2.24) is 0 Å². The first-order chi connectivity index (χ1) is 4.14. The van der Waals surface area contributed by atoms with Gasteiger partial charge < -0.3 is 0 Å². The fourth-order valence-electron chi connectivity index (χ4n) is 0.648.